The third kappa shape index (κ3) is 5.60. The Morgan fingerprint density at radius 2 is 1.86 bits per heavy atom. The highest BCUT2D eigenvalue weighted by Crippen LogP contribution is 2.34. The molecule has 4 rings (SSSR count). The molecule has 1 amide bonds. The van der Waals surface area contributed by atoms with E-state index in [4.69, 9.17) is 5.14 Å². The van der Waals surface area contributed by atoms with Crippen LogP contribution in [0.25, 0.3) is 0 Å². The lowest BCUT2D eigenvalue weighted by Crippen LogP contribution is -2.25. The van der Waals surface area contributed by atoms with Crippen molar-refractivity contribution in [1.29, 1.82) is 0 Å². The molecule has 8 nitrogen and oxygen atoms in total. The monoisotopic (exact) mass is 505 g/mol. The SMILES string of the molecule is Cc1cnc(N2CCC(c3ccc(C(F)(F)F)cc3)C2)c(C(=O)Nc2ccnc(S(N)(=O)=O)c2)c1. The van der Waals surface area contributed by atoms with Crippen LogP contribution in [-0.2, 0) is 16.2 Å². The highest BCUT2D eigenvalue weighted by molar-refractivity contribution is 7.89. The summed E-state index contributed by atoms with van der Waals surface area (Å²) in [5.74, 6) is -0.0854. The van der Waals surface area contributed by atoms with E-state index in [0.717, 1.165) is 29.3 Å². The number of sulfonamides is 1. The number of amides is 1. The van der Waals surface area contributed by atoms with Crippen LogP contribution < -0.4 is 15.4 Å². The van der Waals surface area contributed by atoms with Crippen LogP contribution >= 0.6 is 0 Å². The molecule has 0 bridgehead atoms. The lowest BCUT2D eigenvalue weighted by atomic mass is 9.97. The molecule has 0 saturated carbocycles. The number of anilines is 2. The second-order valence-corrected chi connectivity index (χ2v) is 9.83. The third-order valence-electron chi connectivity index (χ3n) is 5.73. The Labute approximate surface area is 200 Å². The van der Waals surface area contributed by atoms with Crippen molar-refractivity contribution >= 4 is 27.4 Å². The molecule has 0 radical (unpaired) electrons. The van der Waals surface area contributed by atoms with Crippen molar-refractivity contribution in [2.75, 3.05) is 23.3 Å². The van der Waals surface area contributed by atoms with E-state index in [2.05, 4.69) is 15.3 Å². The molecule has 0 aliphatic carbocycles. The van der Waals surface area contributed by atoms with Gasteiger partial charge in [-0.25, -0.2) is 23.5 Å². The molecule has 12 heteroatoms. The highest BCUT2D eigenvalue weighted by atomic mass is 32.2. The number of aryl methyl sites for hydroxylation is 1. The Kier molecular flexibility index (Phi) is 6.52. The Morgan fingerprint density at radius 1 is 1.14 bits per heavy atom. The van der Waals surface area contributed by atoms with Crippen molar-refractivity contribution in [3.8, 4) is 0 Å². The van der Waals surface area contributed by atoms with Gasteiger partial charge in [0.15, 0.2) is 5.03 Å². The van der Waals surface area contributed by atoms with Crippen LogP contribution in [0.4, 0.5) is 24.7 Å². The largest absolute Gasteiger partial charge is 0.416 e. The maximum absolute atomic E-state index is 13.1. The van der Waals surface area contributed by atoms with Crippen LogP contribution in [0.5, 0.6) is 0 Å². The molecule has 1 aliphatic rings. The van der Waals surface area contributed by atoms with Crippen molar-refractivity contribution in [3.05, 3.63) is 77.1 Å². The average Bonchev–Trinajstić information content (AvgIpc) is 3.28. The number of carbonyl (C=O) groups excluding carboxylic acids is 1. The third-order valence-corrected chi connectivity index (χ3v) is 6.54. The molecule has 35 heavy (non-hydrogen) atoms. The minimum absolute atomic E-state index is 0.0196. The first-order chi connectivity index (χ1) is 16.4. The van der Waals surface area contributed by atoms with E-state index >= 15 is 0 Å². The summed E-state index contributed by atoms with van der Waals surface area (Å²) in [6.07, 6.45) is -0.856. The number of halogens is 3. The molecular formula is C23H22F3N5O3S. The smallest absolute Gasteiger partial charge is 0.355 e. The van der Waals surface area contributed by atoms with Crippen molar-refractivity contribution in [1.82, 2.24) is 9.97 Å². The topological polar surface area (TPSA) is 118 Å². The quantitative estimate of drug-likeness (QED) is 0.546. The molecule has 2 aromatic heterocycles. The minimum Gasteiger partial charge on any atom is -0.355 e. The second kappa shape index (κ2) is 9.27. The summed E-state index contributed by atoms with van der Waals surface area (Å²) in [7, 11) is -4.04. The summed E-state index contributed by atoms with van der Waals surface area (Å²) in [5.41, 5.74) is 1.32. The fourth-order valence-corrected chi connectivity index (χ4v) is 4.49. The van der Waals surface area contributed by atoms with Gasteiger partial charge in [0, 0.05) is 43.2 Å². The van der Waals surface area contributed by atoms with Crippen LogP contribution in [0.15, 0.2) is 59.9 Å². The minimum atomic E-state index is -4.39. The number of nitrogens with two attached hydrogens (primary N) is 1. The van der Waals surface area contributed by atoms with E-state index < -0.39 is 27.7 Å². The maximum atomic E-state index is 13.1. The molecule has 1 aliphatic heterocycles. The van der Waals surface area contributed by atoms with Crippen molar-refractivity contribution < 1.29 is 26.4 Å². The molecular weight excluding hydrogens is 483 g/mol. The van der Waals surface area contributed by atoms with Crippen molar-refractivity contribution in [2.24, 2.45) is 5.14 Å². The van der Waals surface area contributed by atoms with Crippen LogP contribution in [0.1, 0.15) is 39.4 Å². The molecule has 1 unspecified atom stereocenters. The van der Waals surface area contributed by atoms with Gasteiger partial charge in [-0.15, -0.1) is 0 Å². The van der Waals surface area contributed by atoms with Gasteiger partial charge >= 0.3 is 6.18 Å². The number of benzene rings is 1. The Bertz CT molecular complexity index is 1360. The van der Waals surface area contributed by atoms with Gasteiger partial charge in [0.05, 0.1) is 11.1 Å². The summed E-state index contributed by atoms with van der Waals surface area (Å²) in [6, 6.07) is 9.39. The first-order valence-corrected chi connectivity index (χ1v) is 12.2. The lowest BCUT2D eigenvalue weighted by molar-refractivity contribution is -0.137. The van der Waals surface area contributed by atoms with Gasteiger partial charge in [-0.05, 0) is 48.7 Å². The highest BCUT2D eigenvalue weighted by Gasteiger charge is 2.32. The van der Waals surface area contributed by atoms with Gasteiger partial charge in [-0.3, -0.25) is 4.79 Å². The van der Waals surface area contributed by atoms with Crippen molar-refractivity contribution in [2.45, 2.75) is 30.5 Å². The first-order valence-electron chi connectivity index (χ1n) is 10.6. The van der Waals surface area contributed by atoms with Gasteiger partial charge in [-0.2, -0.15) is 13.2 Å². The molecule has 0 spiro atoms. The summed E-state index contributed by atoms with van der Waals surface area (Å²) >= 11 is 0. The predicted octanol–water partition coefficient (Wildman–Crippen LogP) is 3.70. The van der Waals surface area contributed by atoms with Gasteiger partial charge in [-0.1, -0.05) is 12.1 Å². The first kappa shape index (κ1) is 24.6. The number of nitrogens with zero attached hydrogens (tertiary/aromatic N) is 3. The summed E-state index contributed by atoms with van der Waals surface area (Å²) in [4.78, 5) is 23.2. The zero-order chi connectivity index (χ0) is 25.4. The van der Waals surface area contributed by atoms with E-state index in [0.29, 0.717) is 25.3 Å². The van der Waals surface area contributed by atoms with Gasteiger partial charge in [0.2, 0.25) is 0 Å². The maximum Gasteiger partial charge on any atom is 0.416 e. The predicted molar refractivity (Wildman–Crippen MR) is 124 cm³/mol. The number of carbonyl (C=O) groups is 1. The number of rotatable bonds is 5. The second-order valence-electron chi connectivity index (χ2n) is 8.32. The number of nitrogens with one attached hydrogen (secondary N) is 1. The van der Waals surface area contributed by atoms with Crippen LogP contribution in [0, 0.1) is 6.92 Å². The normalized spacial score (nSPS) is 16.4. The van der Waals surface area contributed by atoms with E-state index in [9.17, 15) is 26.4 Å². The molecule has 3 heterocycles. The molecule has 184 valence electrons. The number of aromatic nitrogens is 2. The fraction of sp³-hybridized carbons (Fsp3) is 0.261. The zero-order valence-corrected chi connectivity index (χ0v) is 19.4. The van der Waals surface area contributed by atoms with Gasteiger partial charge in [0.1, 0.15) is 5.82 Å². The molecule has 1 aromatic carbocycles. The standard InChI is InChI=1S/C23H22F3N5O3S/c1-14-10-19(22(32)30-18-6-8-28-20(11-18)35(27,33)34)21(29-12-14)31-9-7-16(13-31)15-2-4-17(5-3-15)23(24,25)26/h2-6,8,10-12,16H,7,9,13H2,1H3,(H2,27,33,34)(H,28,30,32). The number of pyridine rings is 2. The summed E-state index contributed by atoms with van der Waals surface area (Å²) in [5, 5.41) is 7.38. The Hall–Kier alpha value is -3.51. The Morgan fingerprint density at radius 3 is 2.51 bits per heavy atom. The van der Waals surface area contributed by atoms with Crippen molar-refractivity contribution in [3.63, 3.8) is 0 Å². The number of hydrogen-bond donors (Lipinski definition) is 2. The Balaban J connectivity index is 1.55. The summed E-state index contributed by atoms with van der Waals surface area (Å²) in [6.45, 7) is 2.83. The van der Waals surface area contributed by atoms with E-state index in [1.54, 1.807) is 19.2 Å². The number of primary sulfonamides is 1. The summed E-state index contributed by atoms with van der Waals surface area (Å²) < 4.78 is 61.7. The van der Waals surface area contributed by atoms with E-state index in [-0.39, 0.29) is 22.2 Å². The van der Waals surface area contributed by atoms with Crippen LogP contribution in [-0.4, -0.2) is 37.4 Å². The molecule has 1 atom stereocenters. The molecule has 3 N–H and O–H groups in total. The molecule has 3 aromatic rings. The van der Waals surface area contributed by atoms with E-state index in [1.165, 1.54) is 24.4 Å². The number of hydrogen-bond acceptors (Lipinski definition) is 6. The molecule has 1 saturated heterocycles. The lowest BCUT2D eigenvalue weighted by Gasteiger charge is -2.21. The van der Waals surface area contributed by atoms with Gasteiger partial charge < -0.3 is 10.2 Å². The fourth-order valence-electron chi connectivity index (χ4n) is 3.99. The number of alkyl halides is 3. The molecule has 1 fully saturated rings. The average molecular weight is 506 g/mol. The van der Waals surface area contributed by atoms with Crippen LogP contribution in [0.3, 0.4) is 0 Å². The van der Waals surface area contributed by atoms with Crippen LogP contribution in [0.2, 0.25) is 0 Å². The zero-order valence-electron chi connectivity index (χ0n) is 18.6. The van der Waals surface area contributed by atoms with E-state index in [1.807, 2.05) is 4.90 Å². The van der Waals surface area contributed by atoms with Gasteiger partial charge in [0.25, 0.3) is 15.9 Å².